The Bertz CT molecular complexity index is 165. The van der Waals surface area contributed by atoms with Crippen molar-refractivity contribution >= 4 is 11.4 Å². The maximum absolute atomic E-state index is 3.83. The molecule has 10 heavy (non-hydrogen) atoms. The van der Waals surface area contributed by atoms with Crippen molar-refractivity contribution in [1.29, 1.82) is 0 Å². The summed E-state index contributed by atoms with van der Waals surface area (Å²) in [6.45, 7) is 10.8. The molecule has 0 rings (SSSR count). The molecule has 0 bridgehead atoms. The maximum atomic E-state index is 3.83. The Labute approximate surface area is 61.7 Å². The molecule has 0 heterocycles. The predicted octanol–water partition coefficient (Wildman–Crippen LogP) is 2.20. The van der Waals surface area contributed by atoms with Gasteiger partial charge in [-0.05, 0) is 26.0 Å². The van der Waals surface area contributed by atoms with Gasteiger partial charge in [0, 0.05) is 0 Å². The van der Waals surface area contributed by atoms with E-state index >= 15 is 0 Å². The van der Waals surface area contributed by atoms with Crippen LogP contribution in [0.1, 0.15) is 13.8 Å². The number of rotatable bonds is 3. The monoisotopic (exact) mass is 136 g/mol. The Morgan fingerprint density at radius 1 is 1.00 bits per heavy atom. The van der Waals surface area contributed by atoms with E-state index < -0.39 is 0 Å². The molecule has 0 saturated carbocycles. The van der Waals surface area contributed by atoms with E-state index in [-0.39, 0.29) is 0 Å². The number of allylic oxidation sites excluding steroid dienone is 2. The lowest BCUT2D eigenvalue weighted by molar-refractivity contribution is 1.23. The molecule has 2 heteroatoms. The van der Waals surface area contributed by atoms with E-state index in [1.807, 2.05) is 13.8 Å². The minimum absolute atomic E-state index is 0.807. The van der Waals surface area contributed by atoms with Gasteiger partial charge >= 0.3 is 0 Å². The summed E-state index contributed by atoms with van der Waals surface area (Å²) in [4.78, 5) is 0. The van der Waals surface area contributed by atoms with Crippen LogP contribution in [0.5, 0.6) is 0 Å². The molecule has 0 spiro atoms. The second-order valence-electron chi connectivity index (χ2n) is 1.89. The van der Waals surface area contributed by atoms with Crippen LogP contribution in [0.3, 0.4) is 0 Å². The Morgan fingerprint density at radius 3 is 1.50 bits per heavy atom. The van der Waals surface area contributed by atoms with E-state index in [2.05, 4.69) is 23.4 Å². The quantitative estimate of drug-likeness (QED) is 0.419. The van der Waals surface area contributed by atoms with Gasteiger partial charge in [0.1, 0.15) is 0 Å². The van der Waals surface area contributed by atoms with Crippen LogP contribution in [0.25, 0.3) is 0 Å². The summed E-state index contributed by atoms with van der Waals surface area (Å²) < 4.78 is 0. The molecule has 2 nitrogen and oxygen atoms in total. The molecule has 0 fully saturated rings. The van der Waals surface area contributed by atoms with Crippen molar-refractivity contribution in [3.63, 3.8) is 0 Å². The Hall–Kier alpha value is -1.18. The molecule has 0 radical (unpaired) electrons. The SMILES string of the molecule is C=C/C(C)=N\N=C(\C)C=C. The van der Waals surface area contributed by atoms with Gasteiger partial charge in [-0.15, -0.1) is 0 Å². The molecular weight excluding hydrogens is 124 g/mol. The third-order valence-electron chi connectivity index (χ3n) is 0.956. The van der Waals surface area contributed by atoms with Crippen molar-refractivity contribution in [3.05, 3.63) is 25.3 Å². The summed E-state index contributed by atoms with van der Waals surface area (Å²) in [7, 11) is 0. The maximum Gasteiger partial charge on any atom is 0.0593 e. The molecule has 0 amide bonds. The highest BCUT2D eigenvalue weighted by Crippen LogP contribution is 1.83. The highest BCUT2D eigenvalue weighted by atomic mass is 15.2. The highest BCUT2D eigenvalue weighted by molar-refractivity contribution is 5.95. The largest absolute Gasteiger partial charge is 0.156 e. The second kappa shape index (κ2) is 4.68. The van der Waals surface area contributed by atoms with Crippen molar-refractivity contribution < 1.29 is 0 Å². The van der Waals surface area contributed by atoms with E-state index in [4.69, 9.17) is 0 Å². The fourth-order valence-corrected chi connectivity index (χ4v) is 0.239. The van der Waals surface area contributed by atoms with E-state index in [9.17, 15) is 0 Å². The minimum atomic E-state index is 0.807. The Morgan fingerprint density at radius 2 is 1.30 bits per heavy atom. The fourth-order valence-electron chi connectivity index (χ4n) is 0.239. The smallest absolute Gasteiger partial charge is 0.0593 e. The highest BCUT2D eigenvalue weighted by Gasteiger charge is 1.79. The zero-order valence-electron chi connectivity index (χ0n) is 6.46. The van der Waals surface area contributed by atoms with Gasteiger partial charge in [-0.1, -0.05) is 13.2 Å². The van der Waals surface area contributed by atoms with Gasteiger partial charge in [0.05, 0.1) is 11.4 Å². The lowest BCUT2D eigenvalue weighted by atomic mass is 10.4. The third-order valence-corrected chi connectivity index (χ3v) is 0.956. The van der Waals surface area contributed by atoms with Crippen LogP contribution in [0.4, 0.5) is 0 Å². The summed E-state index contributed by atoms with van der Waals surface area (Å²) in [6.07, 6.45) is 3.31. The molecule has 0 aliphatic carbocycles. The second-order valence-corrected chi connectivity index (χ2v) is 1.89. The van der Waals surface area contributed by atoms with Crippen LogP contribution in [-0.4, -0.2) is 11.4 Å². The van der Waals surface area contributed by atoms with Gasteiger partial charge in [-0.2, -0.15) is 10.2 Å². The zero-order chi connectivity index (χ0) is 7.98. The molecule has 54 valence electrons. The van der Waals surface area contributed by atoms with Crippen LogP contribution in [0.2, 0.25) is 0 Å². The first-order chi connectivity index (χ1) is 4.70. The molecule has 0 aromatic heterocycles. The van der Waals surface area contributed by atoms with E-state index in [0.717, 1.165) is 11.4 Å². The van der Waals surface area contributed by atoms with Crippen molar-refractivity contribution in [1.82, 2.24) is 0 Å². The third kappa shape index (κ3) is 3.78. The van der Waals surface area contributed by atoms with Crippen molar-refractivity contribution in [2.45, 2.75) is 13.8 Å². The standard InChI is InChI=1S/C8H12N2/c1-5-7(3)9-10-8(4)6-2/h5-6H,1-2H2,3-4H3/b9-7-,10-8-. The number of nitrogens with zero attached hydrogens (tertiary/aromatic N) is 2. The first kappa shape index (κ1) is 8.82. The summed E-state index contributed by atoms with van der Waals surface area (Å²) in [5.74, 6) is 0. The normalized spacial score (nSPS) is 13.0. The average Bonchev–Trinajstić information content (AvgIpc) is 1.99. The summed E-state index contributed by atoms with van der Waals surface area (Å²) in [6, 6.07) is 0. The van der Waals surface area contributed by atoms with Crippen molar-refractivity contribution in [2.24, 2.45) is 10.2 Å². The van der Waals surface area contributed by atoms with Gasteiger partial charge in [0.25, 0.3) is 0 Å². The summed E-state index contributed by atoms with van der Waals surface area (Å²) >= 11 is 0. The molecule has 0 aromatic rings. The Balaban J connectivity index is 4.16. The minimum Gasteiger partial charge on any atom is -0.156 e. The molecule has 0 aliphatic heterocycles. The molecule has 0 unspecified atom stereocenters. The van der Waals surface area contributed by atoms with Crippen molar-refractivity contribution in [2.75, 3.05) is 0 Å². The first-order valence-electron chi connectivity index (χ1n) is 3.04. The predicted molar refractivity (Wildman–Crippen MR) is 46.6 cm³/mol. The van der Waals surface area contributed by atoms with Gasteiger partial charge < -0.3 is 0 Å². The molecular formula is C8H12N2. The fraction of sp³-hybridized carbons (Fsp3) is 0.250. The Kier molecular flexibility index (Phi) is 4.12. The summed E-state index contributed by atoms with van der Waals surface area (Å²) in [5, 5.41) is 7.66. The van der Waals surface area contributed by atoms with Gasteiger partial charge in [0.15, 0.2) is 0 Å². The van der Waals surface area contributed by atoms with Crippen molar-refractivity contribution in [3.8, 4) is 0 Å². The van der Waals surface area contributed by atoms with E-state index in [1.54, 1.807) is 12.2 Å². The molecule has 0 atom stereocenters. The molecule has 0 aromatic carbocycles. The van der Waals surface area contributed by atoms with Gasteiger partial charge in [-0.25, -0.2) is 0 Å². The topological polar surface area (TPSA) is 24.7 Å². The number of hydrogen-bond donors (Lipinski definition) is 0. The van der Waals surface area contributed by atoms with Gasteiger partial charge in [0.2, 0.25) is 0 Å². The van der Waals surface area contributed by atoms with Crippen LogP contribution in [0, 0.1) is 0 Å². The van der Waals surface area contributed by atoms with Crippen LogP contribution >= 0.6 is 0 Å². The molecule has 0 saturated heterocycles. The lowest BCUT2D eigenvalue weighted by Crippen LogP contribution is -1.84. The lowest BCUT2D eigenvalue weighted by Gasteiger charge is -1.85. The van der Waals surface area contributed by atoms with Crippen LogP contribution in [-0.2, 0) is 0 Å². The zero-order valence-corrected chi connectivity index (χ0v) is 6.46. The molecule has 0 N–H and O–H groups in total. The van der Waals surface area contributed by atoms with Crippen LogP contribution in [0.15, 0.2) is 35.5 Å². The average molecular weight is 136 g/mol. The first-order valence-corrected chi connectivity index (χ1v) is 3.04. The van der Waals surface area contributed by atoms with E-state index in [0.29, 0.717) is 0 Å². The number of hydrogen-bond acceptors (Lipinski definition) is 2. The van der Waals surface area contributed by atoms with Gasteiger partial charge in [-0.3, -0.25) is 0 Å². The van der Waals surface area contributed by atoms with Crippen LogP contribution < -0.4 is 0 Å². The van der Waals surface area contributed by atoms with E-state index in [1.165, 1.54) is 0 Å². The molecule has 0 aliphatic rings. The summed E-state index contributed by atoms with van der Waals surface area (Å²) in [5.41, 5.74) is 1.61.